The first kappa shape index (κ1) is 13.8. The molecule has 17 heavy (non-hydrogen) atoms. The Balaban J connectivity index is 3.51. The highest BCUT2D eigenvalue weighted by atomic mass is 19.4. The van der Waals surface area contributed by atoms with Crippen molar-refractivity contribution in [2.45, 2.75) is 25.8 Å². The van der Waals surface area contributed by atoms with Crippen LogP contribution in [0.1, 0.15) is 28.9 Å². The van der Waals surface area contributed by atoms with Crippen molar-refractivity contribution in [1.29, 1.82) is 0 Å². The van der Waals surface area contributed by atoms with Gasteiger partial charge in [-0.1, -0.05) is 0 Å². The molecule has 0 spiro atoms. The third kappa shape index (κ3) is 2.89. The van der Waals surface area contributed by atoms with Gasteiger partial charge in [0.05, 0.1) is 12.3 Å². The van der Waals surface area contributed by atoms with Crippen LogP contribution in [0.15, 0.2) is 6.07 Å². The average Bonchev–Trinajstić information content (AvgIpc) is 2.25. The lowest BCUT2D eigenvalue weighted by molar-refractivity contribution is -0.142. The van der Waals surface area contributed by atoms with E-state index < -0.39 is 42.6 Å². The monoisotopic (exact) mass is 256 g/mol. The highest BCUT2D eigenvalue weighted by Crippen LogP contribution is 2.35. The third-order valence-electron chi connectivity index (χ3n) is 2.08. The van der Waals surface area contributed by atoms with E-state index in [2.05, 4.69) is 4.98 Å². The normalized spacial score (nSPS) is 12.2. The highest BCUT2D eigenvalue weighted by Gasteiger charge is 2.37. The molecule has 3 N–H and O–H groups in total. The van der Waals surface area contributed by atoms with E-state index in [1.54, 1.807) is 0 Å². The Hall–Kier alpha value is -1.28. The molecule has 1 rings (SSSR count). The minimum atomic E-state index is -4.91. The summed E-state index contributed by atoms with van der Waals surface area (Å²) in [4.78, 5) is 3.13. The summed E-state index contributed by atoms with van der Waals surface area (Å²) in [5.74, 6) is 0. The second-order valence-corrected chi connectivity index (χ2v) is 3.19. The lowest BCUT2D eigenvalue weighted by atomic mass is 10.1. The van der Waals surface area contributed by atoms with Gasteiger partial charge in [-0.2, -0.15) is 13.2 Å². The maximum atomic E-state index is 12.6. The predicted molar refractivity (Wildman–Crippen MR) is 48.0 cm³/mol. The van der Waals surface area contributed by atoms with E-state index in [4.69, 9.17) is 10.8 Å². The summed E-state index contributed by atoms with van der Waals surface area (Å²) in [6, 6.07) is 0.769. The van der Waals surface area contributed by atoms with E-state index in [0.29, 0.717) is 0 Å². The number of rotatable bonds is 3. The van der Waals surface area contributed by atoms with Crippen molar-refractivity contribution in [1.82, 2.24) is 4.98 Å². The number of alkyl halides is 5. The molecule has 0 fully saturated rings. The quantitative estimate of drug-likeness (QED) is 0.813. The number of hydrogen-bond acceptors (Lipinski definition) is 3. The molecule has 0 saturated carbocycles. The standard InChI is InChI=1S/C9H9F5N2O/c10-8(11)5-1-4(2-15)16-7(6(5)3-17)9(12,13)14/h1,8,17H,2-3,15H2. The largest absolute Gasteiger partial charge is 0.433 e. The van der Waals surface area contributed by atoms with Crippen LogP contribution >= 0.6 is 0 Å². The fraction of sp³-hybridized carbons (Fsp3) is 0.444. The first-order valence-electron chi connectivity index (χ1n) is 4.50. The Kier molecular flexibility index (Phi) is 3.99. The van der Waals surface area contributed by atoms with Gasteiger partial charge in [0.25, 0.3) is 6.43 Å². The summed E-state index contributed by atoms with van der Waals surface area (Å²) in [6.07, 6.45) is -8.04. The molecule has 8 heteroatoms. The van der Waals surface area contributed by atoms with E-state index in [-0.39, 0.29) is 5.69 Å². The van der Waals surface area contributed by atoms with Crippen LogP contribution in [0.25, 0.3) is 0 Å². The zero-order valence-corrected chi connectivity index (χ0v) is 8.43. The van der Waals surface area contributed by atoms with E-state index >= 15 is 0 Å². The average molecular weight is 256 g/mol. The van der Waals surface area contributed by atoms with E-state index in [1.807, 2.05) is 0 Å². The third-order valence-corrected chi connectivity index (χ3v) is 2.08. The number of aliphatic hydroxyl groups is 1. The smallest absolute Gasteiger partial charge is 0.392 e. The SMILES string of the molecule is NCc1cc(C(F)F)c(CO)c(C(F)(F)F)n1. The molecule has 0 radical (unpaired) electrons. The van der Waals surface area contributed by atoms with Crippen LogP contribution in [-0.4, -0.2) is 10.1 Å². The first-order valence-corrected chi connectivity index (χ1v) is 4.50. The number of halogens is 5. The molecule has 1 heterocycles. The van der Waals surface area contributed by atoms with Gasteiger partial charge in [-0.05, 0) is 6.07 Å². The molecule has 0 bridgehead atoms. The van der Waals surface area contributed by atoms with Crippen molar-refractivity contribution in [3.8, 4) is 0 Å². The molecule has 96 valence electrons. The highest BCUT2D eigenvalue weighted by molar-refractivity contribution is 5.35. The topological polar surface area (TPSA) is 59.1 Å². The first-order chi connectivity index (χ1) is 7.81. The van der Waals surface area contributed by atoms with Gasteiger partial charge < -0.3 is 10.8 Å². The summed E-state index contributed by atoms with van der Waals surface area (Å²) < 4.78 is 62.7. The van der Waals surface area contributed by atoms with Crippen molar-refractivity contribution in [3.05, 3.63) is 28.6 Å². The lowest BCUT2D eigenvalue weighted by Gasteiger charge is -2.15. The second-order valence-electron chi connectivity index (χ2n) is 3.19. The Morgan fingerprint density at radius 2 is 1.94 bits per heavy atom. The maximum Gasteiger partial charge on any atom is 0.433 e. The van der Waals surface area contributed by atoms with Crippen molar-refractivity contribution in [3.63, 3.8) is 0 Å². The number of pyridine rings is 1. The van der Waals surface area contributed by atoms with Crippen molar-refractivity contribution in [2.75, 3.05) is 0 Å². The fourth-order valence-electron chi connectivity index (χ4n) is 1.35. The maximum absolute atomic E-state index is 12.6. The molecular formula is C9H9F5N2O. The van der Waals surface area contributed by atoms with Gasteiger partial charge in [-0.3, -0.25) is 0 Å². The van der Waals surface area contributed by atoms with Gasteiger partial charge in [0, 0.05) is 17.7 Å². The molecule has 0 unspecified atom stereocenters. The van der Waals surface area contributed by atoms with Crippen molar-refractivity contribution < 1.29 is 27.1 Å². The molecule has 0 saturated heterocycles. The Morgan fingerprint density at radius 1 is 1.35 bits per heavy atom. The summed E-state index contributed by atoms with van der Waals surface area (Å²) in [6.45, 7) is -1.55. The Bertz CT molecular complexity index is 405. The summed E-state index contributed by atoms with van der Waals surface area (Å²) in [5, 5.41) is 8.77. The number of aliphatic hydroxyl groups excluding tert-OH is 1. The molecule has 1 aromatic rings. The molecule has 3 nitrogen and oxygen atoms in total. The van der Waals surface area contributed by atoms with Crippen LogP contribution in [-0.2, 0) is 19.3 Å². The minimum absolute atomic E-state index is 0.301. The van der Waals surface area contributed by atoms with Gasteiger partial charge in [0.1, 0.15) is 0 Å². The molecule has 0 amide bonds. The minimum Gasteiger partial charge on any atom is -0.392 e. The fourth-order valence-corrected chi connectivity index (χ4v) is 1.35. The van der Waals surface area contributed by atoms with Gasteiger partial charge in [-0.15, -0.1) is 0 Å². The van der Waals surface area contributed by atoms with Crippen LogP contribution in [0.5, 0.6) is 0 Å². The predicted octanol–water partition coefficient (Wildman–Crippen LogP) is 1.99. The number of aromatic nitrogens is 1. The molecule has 0 aliphatic rings. The van der Waals surface area contributed by atoms with Crippen LogP contribution in [0.2, 0.25) is 0 Å². The van der Waals surface area contributed by atoms with Crippen LogP contribution in [0.3, 0.4) is 0 Å². The van der Waals surface area contributed by atoms with Gasteiger partial charge in [0.15, 0.2) is 5.69 Å². The molecule has 1 aromatic heterocycles. The van der Waals surface area contributed by atoms with E-state index in [0.717, 1.165) is 6.07 Å². The molecule has 0 aliphatic carbocycles. The molecular weight excluding hydrogens is 247 g/mol. The number of nitrogens with two attached hydrogens (primary N) is 1. The van der Waals surface area contributed by atoms with Crippen LogP contribution < -0.4 is 5.73 Å². The van der Waals surface area contributed by atoms with Crippen LogP contribution in [0.4, 0.5) is 22.0 Å². The number of nitrogens with zero attached hydrogens (tertiary/aromatic N) is 1. The Labute approximate surface area is 93.1 Å². The lowest BCUT2D eigenvalue weighted by Crippen LogP contribution is -2.17. The van der Waals surface area contributed by atoms with E-state index in [9.17, 15) is 22.0 Å². The van der Waals surface area contributed by atoms with E-state index in [1.165, 1.54) is 0 Å². The number of hydrogen-bond donors (Lipinski definition) is 2. The zero-order chi connectivity index (χ0) is 13.2. The Morgan fingerprint density at radius 3 is 2.29 bits per heavy atom. The second kappa shape index (κ2) is 4.92. The van der Waals surface area contributed by atoms with Crippen molar-refractivity contribution in [2.24, 2.45) is 5.73 Å². The van der Waals surface area contributed by atoms with Gasteiger partial charge in [-0.25, -0.2) is 13.8 Å². The van der Waals surface area contributed by atoms with Gasteiger partial charge in [0.2, 0.25) is 0 Å². The summed E-state index contributed by atoms with van der Waals surface area (Å²) in [5.41, 5.74) is 1.46. The van der Waals surface area contributed by atoms with Gasteiger partial charge >= 0.3 is 6.18 Å². The zero-order valence-electron chi connectivity index (χ0n) is 8.43. The van der Waals surface area contributed by atoms with Crippen molar-refractivity contribution >= 4 is 0 Å². The summed E-state index contributed by atoms with van der Waals surface area (Å²) in [7, 11) is 0. The molecule has 0 atom stereocenters. The van der Waals surface area contributed by atoms with Crippen LogP contribution in [0, 0.1) is 0 Å². The summed E-state index contributed by atoms with van der Waals surface area (Å²) >= 11 is 0. The molecule has 0 aliphatic heterocycles. The molecule has 0 aromatic carbocycles.